The standard InChI is InChI=1S/C14H16N2O3/c17-13(7-9-3-1-2-4-9)15-10-5-6-12-11(8-10)16-14(18)19-12/h5-6,8-9H,1-4,7H2,(H,15,17)(H,16,18). The lowest BCUT2D eigenvalue weighted by Gasteiger charge is -2.09. The molecule has 3 rings (SSSR count). The largest absolute Gasteiger partial charge is 0.417 e. The van der Waals surface area contributed by atoms with Gasteiger partial charge >= 0.3 is 5.76 Å². The Bertz CT molecular complexity index is 650. The topological polar surface area (TPSA) is 75.1 Å². The molecule has 0 aliphatic heterocycles. The van der Waals surface area contributed by atoms with Crippen molar-refractivity contribution in [3.8, 4) is 0 Å². The fraction of sp³-hybridized carbons (Fsp3) is 0.429. The van der Waals surface area contributed by atoms with E-state index >= 15 is 0 Å². The molecule has 2 N–H and O–H groups in total. The van der Waals surface area contributed by atoms with Crippen LogP contribution in [-0.2, 0) is 4.79 Å². The van der Waals surface area contributed by atoms with Crippen molar-refractivity contribution in [2.24, 2.45) is 5.92 Å². The monoisotopic (exact) mass is 260 g/mol. The van der Waals surface area contributed by atoms with Gasteiger partial charge in [-0.05, 0) is 37.0 Å². The summed E-state index contributed by atoms with van der Waals surface area (Å²) >= 11 is 0. The van der Waals surface area contributed by atoms with Crippen molar-refractivity contribution in [3.05, 3.63) is 28.7 Å². The molecule has 0 unspecified atom stereocenters. The molecule has 1 saturated carbocycles. The zero-order chi connectivity index (χ0) is 13.2. The van der Waals surface area contributed by atoms with Gasteiger partial charge in [-0.1, -0.05) is 12.8 Å². The van der Waals surface area contributed by atoms with Gasteiger partial charge in [0.05, 0.1) is 5.52 Å². The Balaban J connectivity index is 1.69. The Morgan fingerprint density at radius 3 is 2.95 bits per heavy atom. The number of aromatic nitrogens is 1. The summed E-state index contributed by atoms with van der Waals surface area (Å²) in [6.07, 6.45) is 5.36. The highest BCUT2D eigenvalue weighted by Gasteiger charge is 2.18. The first-order valence-corrected chi connectivity index (χ1v) is 6.63. The molecule has 1 amide bonds. The summed E-state index contributed by atoms with van der Waals surface area (Å²) in [6.45, 7) is 0. The highest BCUT2D eigenvalue weighted by atomic mass is 16.4. The van der Waals surface area contributed by atoms with Crippen LogP contribution in [0, 0.1) is 5.92 Å². The minimum Gasteiger partial charge on any atom is -0.408 e. The van der Waals surface area contributed by atoms with Gasteiger partial charge in [0.15, 0.2) is 5.58 Å². The molecule has 19 heavy (non-hydrogen) atoms. The summed E-state index contributed by atoms with van der Waals surface area (Å²) in [7, 11) is 0. The van der Waals surface area contributed by atoms with Crippen molar-refractivity contribution < 1.29 is 9.21 Å². The normalized spacial score (nSPS) is 16.0. The lowest BCUT2D eigenvalue weighted by atomic mass is 10.0. The van der Waals surface area contributed by atoms with E-state index in [1.165, 1.54) is 12.8 Å². The van der Waals surface area contributed by atoms with E-state index in [1.54, 1.807) is 18.2 Å². The van der Waals surface area contributed by atoms with E-state index in [2.05, 4.69) is 10.3 Å². The molecule has 5 heteroatoms. The van der Waals surface area contributed by atoms with E-state index in [-0.39, 0.29) is 5.91 Å². The molecule has 0 radical (unpaired) electrons. The smallest absolute Gasteiger partial charge is 0.408 e. The van der Waals surface area contributed by atoms with Crippen LogP contribution < -0.4 is 11.1 Å². The van der Waals surface area contributed by atoms with E-state index in [9.17, 15) is 9.59 Å². The van der Waals surface area contributed by atoms with Crippen LogP contribution in [0.25, 0.3) is 11.1 Å². The van der Waals surface area contributed by atoms with Crippen molar-refractivity contribution in [1.82, 2.24) is 4.98 Å². The predicted molar refractivity (Wildman–Crippen MR) is 72.0 cm³/mol. The molecule has 0 atom stereocenters. The number of rotatable bonds is 3. The lowest BCUT2D eigenvalue weighted by Crippen LogP contribution is -2.15. The number of hydrogen-bond donors (Lipinski definition) is 2. The van der Waals surface area contributed by atoms with Gasteiger partial charge in [0.1, 0.15) is 0 Å². The van der Waals surface area contributed by atoms with Crippen molar-refractivity contribution in [3.63, 3.8) is 0 Å². The number of aromatic amines is 1. The van der Waals surface area contributed by atoms with Gasteiger partial charge in [-0.2, -0.15) is 0 Å². The van der Waals surface area contributed by atoms with E-state index in [1.807, 2.05) is 0 Å². The highest BCUT2D eigenvalue weighted by molar-refractivity contribution is 5.92. The average Bonchev–Trinajstić information content (AvgIpc) is 2.96. The first-order valence-electron chi connectivity index (χ1n) is 6.63. The van der Waals surface area contributed by atoms with Gasteiger partial charge in [-0.3, -0.25) is 9.78 Å². The first kappa shape index (κ1) is 12.0. The Morgan fingerprint density at radius 1 is 1.37 bits per heavy atom. The molecule has 0 bridgehead atoms. The summed E-state index contributed by atoms with van der Waals surface area (Å²) in [5.41, 5.74) is 1.79. The number of amides is 1. The number of fused-ring (bicyclic) bond motifs is 1. The maximum absolute atomic E-state index is 11.9. The fourth-order valence-electron chi connectivity index (χ4n) is 2.72. The van der Waals surface area contributed by atoms with Crippen LogP contribution >= 0.6 is 0 Å². The van der Waals surface area contributed by atoms with Crippen molar-refractivity contribution >= 4 is 22.7 Å². The maximum Gasteiger partial charge on any atom is 0.417 e. The molecule has 1 aliphatic rings. The predicted octanol–water partition coefficient (Wildman–Crippen LogP) is 2.64. The molecular formula is C14H16N2O3. The third kappa shape index (κ3) is 2.70. The van der Waals surface area contributed by atoms with Crippen LogP contribution in [-0.4, -0.2) is 10.9 Å². The summed E-state index contributed by atoms with van der Waals surface area (Å²) in [4.78, 5) is 25.5. The van der Waals surface area contributed by atoms with Crippen LogP contribution in [0.1, 0.15) is 32.1 Å². The van der Waals surface area contributed by atoms with E-state index in [0.29, 0.717) is 29.1 Å². The van der Waals surface area contributed by atoms with Crippen LogP contribution in [0.15, 0.2) is 27.4 Å². The average molecular weight is 260 g/mol. The third-order valence-electron chi connectivity index (χ3n) is 3.65. The molecule has 1 aliphatic carbocycles. The number of carbonyl (C=O) groups is 1. The van der Waals surface area contributed by atoms with Crippen molar-refractivity contribution in [2.75, 3.05) is 5.32 Å². The van der Waals surface area contributed by atoms with Crippen LogP contribution in [0.5, 0.6) is 0 Å². The molecular weight excluding hydrogens is 244 g/mol. The third-order valence-corrected chi connectivity index (χ3v) is 3.65. The minimum absolute atomic E-state index is 0.0390. The Labute approximate surface area is 110 Å². The Morgan fingerprint density at radius 2 is 2.16 bits per heavy atom. The van der Waals surface area contributed by atoms with Gasteiger partial charge in [-0.15, -0.1) is 0 Å². The van der Waals surface area contributed by atoms with Gasteiger partial charge in [0, 0.05) is 12.1 Å². The number of anilines is 1. The Kier molecular flexibility index (Phi) is 3.11. The Hall–Kier alpha value is -2.04. The van der Waals surface area contributed by atoms with Gasteiger partial charge in [0.25, 0.3) is 0 Å². The molecule has 2 aromatic rings. The molecule has 1 aromatic carbocycles. The molecule has 1 fully saturated rings. The number of carbonyl (C=O) groups excluding carboxylic acids is 1. The minimum atomic E-state index is -0.482. The molecule has 5 nitrogen and oxygen atoms in total. The van der Waals surface area contributed by atoms with Crippen LogP contribution in [0.4, 0.5) is 5.69 Å². The summed E-state index contributed by atoms with van der Waals surface area (Å²) in [6, 6.07) is 5.14. The van der Waals surface area contributed by atoms with Crippen LogP contribution in [0.3, 0.4) is 0 Å². The van der Waals surface area contributed by atoms with Crippen molar-refractivity contribution in [1.29, 1.82) is 0 Å². The first-order chi connectivity index (χ1) is 9.20. The van der Waals surface area contributed by atoms with E-state index in [4.69, 9.17) is 4.42 Å². The highest BCUT2D eigenvalue weighted by Crippen LogP contribution is 2.28. The summed E-state index contributed by atoms with van der Waals surface area (Å²) in [5, 5.41) is 2.87. The maximum atomic E-state index is 11.9. The summed E-state index contributed by atoms with van der Waals surface area (Å²) in [5.74, 6) is 0.0824. The van der Waals surface area contributed by atoms with Gasteiger partial charge < -0.3 is 9.73 Å². The second-order valence-corrected chi connectivity index (χ2v) is 5.13. The van der Waals surface area contributed by atoms with E-state index in [0.717, 1.165) is 12.8 Å². The number of nitrogens with one attached hydrogen (secondary N) is 2. The fourth-order valence-corrected chi connectivity index (χ4v) is 2.72. The van der Waals surface area contributed by atoms with E-state index < -0.39 is 5.76 Å². The lowest BCUT2D eigenvalue weighted by molar-refractivity contribution is -0.117. The molecule has 100 valence electrons. The number of benzene rings is 1. The number of H-pyrrole nitrogens is 1. The molecule has 0 spiro atoms. The SMILES string of the molecule is O=C(CC1CCCC1)Nc1ccc2oc(=O)[nH]c2c1. The second-order valence-electron chi connectivity index (χ2n) is 5.13. The van der Waals surface area contributed by atoms with Crippen LogP contribution in [0.2, 0.25) is 0 Å². The zero-order valence-corrected chi connectivity index (χ0v) is 10.6. The zero-order valence-electron chi connectivity index (χ0n) is 10.6. The molecule has 0 saturated heterocycles. The molecule has 1 heterocycles. The number of oxazole rings is 1. The quantitative estimate of drug-likeness (QED) is 0.890. The van der Waals surface area contributed by atoms with Gasteiger partial charge in [-0.25, -0.2) is 4.79 Å². The number of hydrogen-bond acceptors (Lipinski definition) is 3. The van der Waals surface area contributed by atoms with Crippen molar-refractivity contribution in [2.45, 2.75) is 32.1 Å². The van der Waals surface area contributed by atoms with Gasteiger partial charge in [0.2, 0.25) is 5.91 Å². The second kappa shape index (κ2) is 4.91. The molecule has 1 aromatic heterocycles. The summed E-state index contributed by atoms with van der Waals surface area (Å²) < 4.78 is 4.91.